The maximum atomic E-state index is 12.8. The number of pyridine rings is 1. The molecule has 2 aromatic heterocycles. The molecule has 4 N–H and O–H groups in total. The highest BCUT2D eigenvalue weighted by Gasteiger charge is 2.26. The Bertz CT molecular complexity index is 1610. The number of aromatic nitrogens is 1. The zero-order chi connectivity index (χ0) is 30.9. The molecule has 4 aromatic rings. The molecule has 43 heavy (non-hydrogen) atoms. The number of methoxy groups -OCH3 is 1. The molecule has 4 rings (SSSR count). The topological polar surface area (TPSA) is 150 Å². The molecule has 0 aliphatic carbocycles. The van der Waals surface area contributed by atoms with Gasteiger partial charge in [-0.25, -0.2) is 9.78 Å². The van der Waals surface area contributed by atoms with Crippen LogP contribution in [0.1, 0.15) is 38.8 Å². The van der Waals surface area contributed by atoms with Gasteiger partial charge in [-0.15, -0.1) is 11.3 Å². The van der Waals surface area contributed by atoms with Crippen LogP contribution in [0.15, 0.2) is 78.3 Å². The molecule has 1 unspecified atom stereocenters. The van der Waals surface area contributed by atoms with E-state index in [-0.39, 0.29) is 30.5 Å². The lowest BCUT2D eigenvalue weighted by molar-refractivity contribution is -0.138. The van der Waals surface area contributed by atoms with Crippen molar-refractivity contribution in [1.29, 1.82) is 0 Å². The largest absolute Gasteiger partial charge is 0.495 e. The Kier molecular flexibility index (Phi) is 10.1. The van der Waals surface area contributed by atoms with E-state index in [1.165, 1.54) is 29.5 Å². The van der Waals surface area contributed by atoms with Gasteiger partial charge in [0.1, 0.15) is 11.6 Å². The second kappa shape index (κ2) is 14.1. The third-order valence-electron chi connectivity index (χ3n) is 6.60. The summed E-state index contributed by atoms with van der Waals surface area (Å²) in [4.78, 5) is 55.8. The first-order chi connectivity index (χ1) is 20.6. The normalized spacial score (nSPS) is 11.2. The van der Waals surface area contributed by atoms with Gasteiger partial charge < -0.3 is 30.7 Å². The number of para-hydroxylation sites is 1. The number of carbonyl (C=O) groups is 4. The van der Waals surface area contributed by atoms with Gasteiger partial charge in [-0.1, -0.05) is 36.4 Å². The van der Waals surface area contributed by atoms with Crippen LogP contribution in [0.2, 0.25) is 0 Å². The number of nitrogens with zero attached hydrogens (tertiary/aromatic N) is 2. The smallest absolute Gasteiger partial charge is 0.323 e. The molecule has 0 spiro atoms. The summed E-state index contributed by atoms with van der Waals surface area (Å²) >= 11 is 1.28. The molecule has 4 amide bonds. The molecule has 2 aromatic carbocycles. The second-order valence-electron chi connectivity index (χ2n) is 9.64. The molecule has 1 atom stereocenters. The van der Waals surface area contributed by atoms with Crippen LogP contribution < -0.4 is 20.7 Å². The van der Waals surface area contributed by atoms with Crippen molar-refractivity contribution >= 4 is 52.3 Å². The molecule has 0 aliphatic heterocycles. The van der Waals surface area contributed by atoms with Crippen LogP contribution in [0.3, 0.4) is 0 Å². The molecule has 0 fully saturated rings. The fraction of sp³-hybridized carbons (Fsp3) is 0.194. The lowest BCUT2D eigenvalue weighted by atomic mass is 10.0. The number of rotatable bonds is 11. The third kappa shape index (κ3) is 8.17. The number of nitrogens with one attached hydrogen (secondary N) is 3. The number of anilines is 3. The van der Waals surface area contributed by atoms with E-state index in [1.54, 1.807) is 61.0 Å². The van der Waals surface area contributed by atoms with Gasteiger partial charge in [0.05, 0.1) is 36.6 Å². The van der Waals surface area contributed by atoms with E-state index in [0.717, 1.165) is 5.56 Å². The predicted molar refractivity (Wildman–Crippen MR) is 165 cm³/mol. The maximum absolute atomic E-state index is 12.8. The van der Waals surface area contributed by atoms with Gasteiger partial charge in [-0.2, -0.15) is 0 Å². The Hall–Kier alpha value is -5.23. The zero-order valence-electron chi connectivity index (χ0n) is 23.8. The summed E-state index contributed by atoms with van der Waals surface area (Å²) in [5.41, 5.74) is 3.21. The van der Waals surface area contributed by atoms with Crippen molar-refractivity contribution in [2.45, 2.75) is 25.8 Å². The molecule has 0 radical (unpaired) electrons. The van der Waals surface area contributed by atoms with Gasteiger partial charge in [0.25, 0.3) is 5.91 Å². The van der Waals surface area contributed by atoms with E-state index in [4.69, 9.17) is 4.74 Å². The first-order valence-electron chi connectivity index (χ1n) is 13.2. The SMILES string of the molecule is COc1cc(CC(=O)Nc2ccc(C(CC(=O)O)N(C)C(=O)c3cccs3)cn2)ccc1NC(=O)Nc1ccccc1C. The number of carboxylic acid groups (broad SMARTS) is 1. The van der Waals surface area contributed by atoms with Crippen LogP contribution in [-0.4, -0.2) is 53.0 Å². The molecule has 222 valence electrons. The van der Waals surface area contributed by atoms with Crippen LogP contribution in [0.4, 0.5) is 22.0 Å². The zero-order valence-corrected chi connectivity index (χ0v) is 24.6. The summed E-state index contributed by atoms with van der Waals surface area (Å²) in [5, 5.41) is 19.5. The van der Waals surface area contributed by atoms with Crippen LogP contribution in [0.5, 0.6) is 5.75 Å². The molecule has 0 bridgehead atoms. The van der Waals surface area contributed by atoms with E-state index < -0.39 is 18.0 Å². The quantitative estimate of drug-likeness (QED) is 0.175. The third-order valence-corrected chi connectivity index (χ3v) is 7.46. The molecule has 12 heteroatoms. The molecular weight excluding hydrogens is 570 g/mol. The number of carbonyl (C=O) groups excluding carboxylic acids is 3. The number of benzene rings is 2. The number of aliphatic carboxylic acids is 1. The van der Waals surface area contributed by atoms with Crippen molar-refractivity contribution in [3.63, 3.8) is 0 Å². The summed E-state index contributed by atoms with van der Waals surface area (Å²) in [6.07, 6.45) is 1.16. The van der Waals surface area contributed by atoms with Gasteiger partial charge in [0, 0.05) is 18.9 Å². The van der Waals surface area contributed by atoms with Crippen molar-refractivity contribution in [3.05, 3.63) is 99.9 Å². The van der Waals surface area contributed by atoms with Gasteiger partial charge in [-0.3, -0.25) is 14.4 Å². The Morgan fingerprint density at radius 1 is 0.977 bits per heavy atom. The van der Waals surface area contributed by atoms with Gasteiger partial charge in [-0.05, 0) is 59.3 Å². The number of ether oxygens (including phenoxy) is 1. The average molecular weight is 602 g/mol. The highest BCUT2D eigenvalue weighted by Crippen LogP contribution is 2.28. The average Bonchev–Trinajstić information content (AvgIpc) is 3.53. The van der Waals surface area contributed by atoms with Gasteiger partial charge in [0.2, 0.25) is 5.91 Å². The van der Waals surface area contributed by atoms with E-state index in [0.29, 0.717) is 33.1 Å². The second-order valence-corrected chi connectivity index (χ2v) is 10.6. The molecule has 2 heterocycles. The van der Waals surface area contributed by atoms with E-state index in [2.05, 4.69) is 20.9 Å². The fourth-order valence-electron chi connectivity index (χ4n) is 4.35. The fourth-order valence-corrected chi connectivity index (χ4v) is 5.05. The van der Waals surface area contributed by atoms with Crippen LogP contribution in [-0.2, 0) is 16.0 Å². The highest BCUT2D eigenvalue weighted by atomic mass is 32.1. The highest BCUT2D eigenvalue weighted by molar-refractivity contribution is 7.12. The lowest BCUT2D eigenvalue weighted by Gasteiger charge is -2.27. The van der Waals surface area contributed by atoms with Crippen molar-refractivity contribution in [3.8, 4) is 5.75 Å². The maximum Gasteiger partial charge on any atom is 0.323 e. The van der Waals surface area contributed by atoms with Crippen molar-refractivity contribution in [1.82, 2.24) is 9.88 Å². The van der Waals surface area contributed by atoms with E-state index in [1.807, 2.05) is 25.1 Å². The van der Waals surface area contributed by atoms with Gasteiger partial charge >= 0.3 is 12.0 Å². The van der Waals surface area contributed by atoms with E-state index in [9.17, 15) is 24.3 Å². The Balaban J connectivity index is 1.38. The first-order valence-corrected chi connectivity index (χ1v) is 14.1. The summed E-state index contributed by atoms with van der Waals surface area (Å²) < 4.78 is 5.43. The number of carboxylic acids is 1. The number of hydrogen-bond acceptors (Lipinski definition) is 7. The monoisotopic (exact) mass is 601 g/mol. The summed E-state index contributed by atoms with van der Waals surface area (Å²) in [6, 6.07) is 17.9. The summed E-state index contributed by atoms with van der Waals surface area (Å²) in [6.45, 7) is 1.89. The van der Waals surface area contributed by atoms with Crippen LogP contribution >= 0.6 is 11.3 Å². The number of amides is 4. The van der Waals surface area contributed by atoms with Crippen LogP contribution in [0, 0.1) is 6.92 Å². The first kappa shape index (κ1) is 30.7. The van der Waals surface area contributed by atoms with E-state index >= 15 is 0 Å². The molecular formula is C31H31N5O6S. The van der Waals surface area contributed by atoms with Gasteiger partial charge in [0.15, 0.2) is 0 Å². The van der Waals surface area contributed by atoms with Crippen molar-refractivity contribution in [2.75, 3.05) is 30.1 Å². The molecule has 0 aliphatic rings. The minimum absolute atomic E-state index is 0.00910. The number of urea groups is 1. The minimum atomic E-state index is -1.06. The van der Waals surface area contributed by atoms with Crippen molar-refractivity contribution < 1.29 is 29.0 Å². The Morgan fingerprint density at radius 2 is 1.74 bits per heavy atom. The standard InChI is InChI=1S/C31H31N5O6S/c1-19-7-4-5-8-22(19)33-31(41)34-23-12-10-20(15-25(23)42-3)16-28(37)35-27-13-11-21(18-32-27)24(17-29(38)39)36(2)30(40)26-9-6-14-43-26/h4-15,18,24H,16-17H2,1-3H3,(H,38,39)(H,32,35,37)(H2,33,34,41). The number of aryl methyl sites for hydroxylation is 1. The van der Waals surface area contributed by atoms with Crippen LogP contribution in [0.25, 0.3) is 0 Å². The number of thiophene rings is 1. The summed E-state index contributed by atoms with van der Waals surface area (Å²) in [5.74, 6) is -1.03. The molecule has 0 saturated heterocycles. The Labute approximate surface area is 252 Å². The minimum Gasteiger partial charge on any atom is -0.495 e. The van der Waals surface area contributed by atoms with Crippen molar-refractivity contribution in [2.24, 2.45) is 0 Å². The molecule has 11 nitrogen and oxygen atoms in total. The number of hydrogen-bond donors (Lipinski definition) is 4. The Morgan fingerprint density at radius 3 is 2.40 bits per heavy atom. The molecule has 0 saturated carbocycles. The predicted octanol–water partition coefficient (Wildman–Crippen LogP) is 5.57. The lowest BCUT2D eigenvalue weighted by Crippen LogP contribution is -2.32. The summed E-state index contributed by atoms with van der Waals surface area (Å²) in [7, 11) is 3.02.